The van der Waals surface area contributed by atoms with Crippen LogP contribution in [0.25, 0.3) is 0 Å². The minimum absolute atomic E-state index is 0. The first kappa shape index (κ1) is 23.7. The summed E-state index contributed by atoms with van der Waals surface area (Å²) in [5.41, 5.74) is 5.83. The second-order valence-electron chi connectivity index (χ2n) is 8.14. The zero-order chi connectivity index (χ0) is 19.7. The molecule has 3 aliphatic rings. The number of urea groups is 1. The van der Waals surface area contributed by atoms with Gasteiger partial charge in [0.25, 0.3) is 0 Å². The van der Waals surface area contributed by atoms with E-state index in [4.69, 9.17) is 0 Å². The summed E-state index contributed by atoms with van der Waals surface area (Å²) in [6.45, 7) is 4.64. The number of amides is 2. The maximum Gasteiger partial charge on any atom is 0.333 e. The van der Waals surface area contributed by atoms with E-state index in [9.17, 15) is 13.2 Å². The Morgan fingerprint density at radius 3 is 2.38 bits per heavy atom. The average Bonchev–Trinajstić information content (AvgIpc) is 3.29. The molecule has 1 heterocycles. The molecule has 1 unspecified atom stereocenters. The monoisotopic (exact) mass is 445 g/mol. The van der Waals surface area contributed by atoms with Crippen LogP contribution >= 0.6 is 0 Å². The molecule has 1 fully saturated rings. The first-order valence-corrected chi connectivity index (χ1v) is 11.9. The number of hydrogen-bond donors (Lipinski definition) is 3. The Hall–Kier alpha value is -0.00364. The Bertz CT molecular complexity index is 843. The molecule has 1 aromatic carbocycles. The molecular weight excluding hydrogens is 415 g/mol. The summed E-state index contributed by atoms with van der Waals surface area (Å²) in [6.07, 6.45) is 7.88. The van der Waals surface area contributed by atoms with E-state index < -0.39 is 16.2 Å². The molecule has 1 saturated heterocycles. The van der Waals surface area contributed by atoms with Gasteiger partial charge in [0.1, 0.15) is 0 Å². The Kier molecular flexibility index (Phi) is 8.22. The molecule has 9 heteroatoms. The fraction of sp³-hybridized carbons (Fsp3) is 0.650. The molecule has 4 rings (SSSR count). The van der Waals surface area contributed by atoms with Crippen molar-refractivity contribution in [3.05, 3.63) is 28.3 Å². The van der Waals surface area contributed by atoms with E-state index in [0.29, 0.717) is 6.54 Å². The van der Waals surface area contributed by atoms with Crippen LogP contribution < -0.4 is 14.8 Å². The number of hydrogen-bond acceptors (Lipinski definition) is 4. The topological polar surface area (TPSA) is 90.5 Å². The van der Waals surface area contributed by atoms with Gasteiger partial charge in [0.15, 0.2) is 0 Å². The standard InChI is InChI=1S/C20H30N4O3S.K/c1-2-24-11-5-8-16(13-24)22-28(26,27)23-20(25)21-19-17-9-3-6-14(17)12-15-7-4-10-18(15)19;/h12,16,22H,2-11,13H2,1H3,(H2,21,23,25);. The van der Waals surface area contributed by atoms with Crippen molar-refractivity contribution in [3.63, 3.8) is 0 Å². The van der Waals surface area contributed by atoms with E-state index in [-0.39, 0.29) is 57.4 Å². The number of nitrogens with one attached hydrogen (secondary N) is 3. The Morgan fingerprint density at radius 2 is 1.76 bits per heavy atom. The van der Waals surface area contributed by atoms with E-state index in [1.807, 2.05) is 0 Å². The van der Waals surface area contributed by atoms with Crippen LogP contribution in [-0.2, 0) is 35.9 Å². The van der Waals surface area contributed by atoms with Gasteiger partial charge in [-0.15, -0.1) is 0 Å². The summed E-state index contributed by atoms with van der Waals surface area (Å²) < 4.78 is 29.7. The van der Waals surface area contributed by atoms with Gasteiger partial charge in [-0.3, -0.25) is 0 Å². The van der Waals surface area contributed by atoms with Gasteiger partial charge in [-0.25, -0.2) is 9.52 Å². The van der Waals surface area contributed by atoms with E-state index in [0.717, 1.165) is 70.1 Å². The van der Waals surface area contributed by atoms with Crippen LogP contribution in [0.2, 0.25) is 0 Å². The number of likely N-dealkylation sites (tertiary alicyclic amines) is 1. The van der Waals surface area contributed by atoms with Crippen molar-refractivity contribution in [2.24, 2.45) is 0 Å². The van der Waals surface area contributed by atoms with Gasteiger partial charge < -0.3 is 10.2 Å². The van der Waals surface area contributed by atoms with Crippen molar-refractivity contribution < 1.29 is 13.2 Å². The van der Waals surface area contributed by atoms with Crippen LogP contribution in [0.1, 0.15) is 54.9 Å². The van der Waals surface area contributed by atoms with Crippen molar-refractivity contribution in [1.82, 2.24) is 14.3 Å². The van der Waals surface area contributed by atoms with Gasteiger partial charge in [0.2, 0.25) is 0 Å². The third-order valence-corrected chi connectivity index (χ3v) is 7.31. The molecule has 1 radical (unpaired) electrons. The molecule has 1 aromatic rings. The fourth-order valence-corrected chi connectivity index (χ4v) is 5.90. The minimum atomic E-state index is -3.90. The number of nitrogens with zero attached hydrogens (tertiary/aromatic N) is 1. The number of rotatable bonds is 5. The summed E-state index contributed by atoms with van der Waals surface area (Å²) >= 11 is 0. The zero-order valence-electron chi connectivity index (χ0n) is 17.5. The molecule has 0 saturated carbocycles. The Labute approximate surface area is 216 Å². The minimum Gasteiger partial charge on any atom is -0.307 e. The second-order valence-corrected chi connectivity index (χ2v) is 9.59. The summed E-state index contributed by atoms with van der Waals surface area (Å²) in [7, 11) is -3.90. The molecule has 0 aromatic heterocycles. The maximum atomic E-state index is 12.5. The molecule has 0 bridgehead atoms. The van der Waals surface area contributed by atoms with Crippen molar-refractivity contribution in [2.75, 3.05) is 25.0 Å². The van der Waals surface area contributed by atoms with Crippen LogP contribution in [0.15, 0.2) is 6.07 Å². The molecular formula is C20H30KN4O3S. The number of carbonyl (C=O) groups excluding carboxylic acids is 1. The average molecular weight is 446 g/mol. The molecule has 7 nitrogen and oxygen atoms in total. The molecule has 1 aliphatic heterocycles. The van der Waals surface area contributed by atoms with E-state index in [1.165, 1.54) is 22.3 Å². The largest absolute Gasteiger partial charge is 0.333 e. The number of benzene rings is 1. The first-order chi connectivity index (χ1) is 13.4. The van der Waals surface area contributed by atoms with Crippen molar-refractivity contribution >= 4 is 73.3 Å². The van der Waals surface area contributed by atoms with Crippen LogP contribution in [0.3, 0.4) is 0 Å². The van der Waals surface area contributed by atoms with Gasteiger partial charge >= 0.3 is 16.2 Å². The first-order valence-electron chi connectivity index (χ1n) is 10.4. The van der Waals surface area contributed by atoms with Crippen molar-refractivity contribution in [1.29, 1.82) is 0 Å². The maximum absolute atomic E-state index is 12.5. The molecule has 29 heavy (non-hydrogen) atoms. The van der Waals surface area contributed by atoms with E-state index >= 15 is 0 Å². The van der Waals surface area contributed by atoms with Gasteiger partial charge in [0.05, 0.1) is 0 Å². The number of fused-ring (bicyclic) bond motifs is 2. The number of carbonyl (C=O) groups is 1. The Morgan fingerprint density at radius 1 is 1.10 bits per heavy atom. The third kappa shape index (κ3) is 5.63. The molecule has 2 aliphatic carbocycles. The molecule has 2 amide bonds. The summed E-state index contributed by atoms with van der Waals surface area (Å²) in [5.74, 6) is 0. The summed E-state index contributed by atoms with van der Waals surface area (Å²) in [5, 5.41) is 2.88. The van der Waals surface area contributed by atoms with E-state index in [2.05, 4.69) is 32.7 Å². The van der Waals surface area contributed by atoms with Crippen LogP contribution in [0.5, 0.6) is 0 Å². The number of aryl methyl sites for hydroxylation is 2. The molecule has 3 N–H and O–H groups in total. The van der Waals surface area contributed by atoms with Crippen molar-refractivity contribution in [3.8, 4) is 0 Å². The quantitative estimate of drug-likeness (QED) is 0.602. The SMILES string of the molecule is CCN1CCCC(NS(=O)(=O)NC(=O)Nc2c3c(cc4c2CCC4)CCC3)C1.[K]. The Balaban J connectivity index is 0.00000240. The van der Waals surface area contributed by atoms with Crippen LogP contribution in [-0.4, -0.2) is 96.4 Å². The molecule has 1 atom stereocenters. The number of piperidine rings is 1. The summed E-state index contributed by atoms with van der Waals surface area (Å²) in [6, 6.07) is 1.45. The van der Waals surface area contributed by atoms with Crippen molar-refractivity contribution in [2.45, 2.75) is 64.3 Å². The van der Waals surface area contributed by atoms with Gasteiger partial charge in [-0.1, -0.05) is 13.0 Å². The predicted molar refractivity (Wildman–Crippen MR) is 116 cm³/mol. The van der Waals surface area contributed by atoms with Gasteiger partial charge in [0, 0.05) is 69.7 Å². The smallest absolute Gasteiger partial charge is 0.307 e. The van der Waals surface area contributed by atoms with Crippen LogP contribution in [0.4, 0.5) is 10.5 Å². The number of likely N-dealkylation sites (N-methyl/N-ethyl adjacent to an activating group) is 1. The molecule has 155 valence electrons. The van der Waals surface area contributed by atoms with Gasteiger partial charge in [-0.05, 0) is 86.7 Å². The van der Waals surface area contributed by atoms with E-state index in [1.54, 1.807) is 0 Å². The summed E-state index contributed by atoms with van der Waals surface area (Å²) in [4.78, 5) is 14.8. The fourth-order valence-electron chi connectivity index (χ4n) is 4.92. The molecule has 0 spiro atoms. The second kappa shape index (κ2) is 10.1. The number of anilines is 1. The van der Waals surface area contributed by atoms with Gasteiger partial charge in [-0.2, -0.15) is 13.1 Å². The predicted octanol–water partition coefficient (Wildman–Crippen LogP) is 1.72. The third-order valence-electron chi connectivity index (χ3n) is 6.21. The van der Waals surface area contributed by atoms with Crippen LogP contribution in [0, 0.1) is 0 Å². The normalized spacial score (nSPS) is 21.2. The zero-order valence-corrected chi connectivity index (χ0v) is 21.5.